The van der Waals surface area contributed by atoms with Gasteiger partial charge in [-0.3, -0.25) is 4.79 Å². The highest BCUT2D eigenvalue weighted by atomic mass is 16.6. The number of methoxy groups -OCH3 is 2. The molecule has 0 aliphatic rings. The van der Waals surface area contributed by atoms with Gasteiger partial charge in [0.1, 0.15) is 0 Å². The maximum absolute atomic E-state index is 11.3. The van der Waals surface area contributed by atoms with Crippen LogP contribution in [-0.2, 0) is 9.63 Å². The van der Waals surface area contributed by atoms with Gasteiger partial charge in [-0.15, -0.1) is 0 Å². The Morgan fingerprint density at radius 2 is 2.00 bits per heavy atom. The molecule has 6 heteroatoms. The lowest BCUT2D eigenvalue weighted by atomic mass is 10.2. The summed E-state index contributed by atoms with van der Waals surface area (Å²) in [6.07, 6.45) is 1.50. The molecule has 0 saturated heterocycles. The molecule has 0 aromatic heterocycles. The third-order valence-corrected chi connectivity index (χ3v) is 2.33. The third-order valence-electron chi connectivity index (χ3n) is 2.33. The third kappa shape index (κ3) is 5.17. The Morgan fingerprint density at radius 1 is 1.30 bits per heavy atom. The zero-order valence-electron chi connectivity index (χ0n) is 12.2. The van der Waals surface area contributed by atoms with Gasteiger partial charge in [-0.05, 0) is 32.0 Å². The zero-order valence-corrected chi connectivity index (χ0v) is 12.2. The van der Waals surface area contributed by atoms with Crippen molar-refractivity contribution < 1.29 is 19.1 Å². The molecule has 1 aromatic rings. The summed E-state index contributed by atoms with van der Waals surface area (Å²) in [6, 6.07) is 5.43. The van der Waals surface area contributed by atoms with Crippen LogP contribution in [0.5, 0.6) is 11.5 Å². The SMILES string of the molecule is COc1ccc(/C=N\OCC(=O)NC(C)C)cc1OC. The largest absolute Gasteiger partial charge is 0.493 e. The van der Waals surface area contributed by atoms with E-state index in [1.165, 1.54) is 6.21 Å². The number of ether oxygens (including phenoxy) is 2. The molecule has 20 heavy (non-hydrogen) atoms. The van der Waals surface area contributed by atoms with Crippen LogP contribution >= 0.6 is 0 Å². The Kier molecular flexibility index (Phi) is 6.36. The van der Waals surface area contributed by atoms with Gasteiger partial charge in [0.2, 0.25) is 0 Å². The number of rotatable bonds is 7. The van der Waals surface area contributed by atoms with Crippen molar-refractivity contribution in [1.82, 2.24) is 5.32 Å². The zero-order chi connectivity index (χ0) is 15.0. The highest BCUT2D eigenvalue weighted by Crippen LogP contribution is 2.26. The van der Waals surface area contributed by atoms with Crippen molar-refractivity contribution in [1.29, 1.82) is 0 Å². The lowest BCUT2D eigenvalue weighted by Crippen LogP contribution is -2.32. The fourth-order valence-corrected chi connectivity index (χ4v) is 1.49. The lowest BCUT2D eigenvalue weighted by Gasteiger charge is -2.07. The molecular formula is C14H20N2O4. The Labute approximate surface area is 118 Å². The molecule has 1 aromatic carbocycles. The molecular weight excluding hydrogens is 260 g/mol. The van der Waals surface area contributed by atoms with Crippen LogP contribution in [0.15, 0.2) is 23.4 Å². The van der Waals surface area contributed by atoms with Crippen LogP contribution in [0.1, 0.15) is 19.4 Å². The Bertz CT molecular complexity index is 472. The first-order valence-electron chi connectivity index (χ1n) is 6.23. The number of carbonyl (C=O) groups excluding carboxylic acids is 1. The van der Waals surface area contributed by atoms with Crippen LogP contribution in [0.3, 0.4) is 0 Å². The van der Waals surface area contributed by atoms with Crippen molar-refractivity contribution in [3.05, 3.63) is 23.8 Å². The second-order valence-electron chi connectivity index (χ2n) is 4.34. The Balaban J connectivity index is 2.52. The average Bonchev–Trinajstić information content (AvgIpc) is 2.42. The monoisotopic (exact) mass is 280 g/mol. The van der Waals surface area contributed by atoms with E-state index >= 15 is 0 Å². The van der Waals surface area contributed by atoms with Crippen LogP contribution in [0.25, 0.3) is 0 Å². The van der Waals surface area contributed by atoms with Gasteiger partial charge in [0.05, 0.1) is 20.4 Å². The summed E-state index contributed by atoms with van der Waals surface area (Å²) in [5.41, 5.74) is 0.784. The van der Waals surface area contributed by atoms with E-state index in [2.05, 4.69) is 10.5 Å². The van der Waals surface area contributed by atoms with Gasteiger partial charge in [0, 0.05) is 11.6 Å². The molecule has 1 amide bonds. The maximum atomic E-state index is 11.3. The van der Waals surface area contributed by atoms with E-state index in [0.717, 1.165) is 5.56 Å². The molecule has 6 nitrogen and oxygen atoms in total. The van der Waals surface area contributed by atoms with E-state index in [0.29, 0.717) is 11.5 Å². The van der Waals surface area contributed by atoms with Gasteiger partial charge in [0.25, 0.3) is 5.91 Å². The second kappa shape index (κ2) is 8.04. The van der Waals surface area contributed by atoms with Crippen LogP contribution in [0.2, 0.25) is 0 Å². The van der Waals surface area contributed by atoms with Gasteiger partial charge >= 0.3 is 0 Å². The fourth-order valence-electron chi connectivity index (χ4n) is 1.49. The number of nitrogens with one attached hydrogen (secondary N) is 1. The van der Waals surface area contributed by atoms with Crippen LogP contribution in [0.4, 0.5) is 0 Å². The van der Waals surface area contributed by atoms with Crippen molar-refractivity contribution >= 4 is 12.1 Å². The highest BCUT2D eigenvalue weighted by Gasteiger charge is 2.04. The predicted octanol–water partition coefficient (Wildman–Crippen LogP) is 1.58. The number of oxime groups is 1. The summed E-state index contributed by atoms with van der Waals surface area (Å²) >= 11 is 0. The quantitative estimate of drug-likeness (QED) is 0.608. The van der Waals surface area contributed by atoms with E-state index in [1.54, 1.807) is 26.4 Å². The predicted molar refractivity (Wildman–Crippen MR) is 76.4 cm³/mol. The standard InChI is InChI=1S/C14H20N2O4/c1-10(2)16-14(17)9-20-15-8-11-5-6-12(18-3)13(7-11)19-4/h5-8,10H,9H2,1-4H3,(H,16,17)/b15-8-. The number of amides is 1. The van der Waals surface area contributed by atoms with Crippen LogP contribution < -0.4 is 14.8 Å². The molecule has 0 spiro atoms. The molecule has 0 heterocycles. The number of benzene rings is 1. The summed E-state index contributed by atoms with van der Waals surface area (Å²) in [5, 5.41) is 6.44. The first-order chi connectivity index (χ1) is 9.56. The molecule has 0 atom stereocenters. The second-order valence-corrected chi connectivity index (χ2v) is 4.34. The molecule has 0 aliphatic carbocycles. The van der Waals surface area contributed by atoms with E-state index < -0.39 is 0 Å². The maximum Gasteiger partial charge on any atom is 0.260 e. The summed E-state index contributed by atoms with van der Waals surface area (Å²) in [6.45, 7) is 3.65. The van der Waals surface area contributed by atoms with Gasteiger partial charge in [-0.1, -0.05) is 5.16 Å². The summed E-state index contributed by atoms with van der Waals surface area (Å²) in [7, 11) is 3.13. The molecule has 1 rings (SSSR count). The molecule has 0 unspecified atom stereocenters. The summed E-state index contributed by atoms with van der Waals surface area (Å²) < 4.78 is 10.3. The molecule has 110 valence electrons. The summed E-state index contributed by atoms with van der Waals surface area (Å²) in [5.74, 6) is 1.04. The van der Waals surface area contributed by atoms with Crippen LogP contribution in [0, 0.1) is 0 Å². The lowest BCUT2D eigenvalue weighted by molar-refractivity contribution is -0.126. The van der Waals surface area contributed by atoms with E-state index in [1.807, 2.05) is 19.9 Å². The minimum absolute atomic E-state index is 0.0842. The average molecular weight is 280 g/mol. The van der Waals surface area contributed by atoms with E-state index in [9.17, 15) is 4.79 Å². The number of carbonyl (C=O) groups is 1. The van der Waals surface area contributed by atoms with Gasteiger partial charge < -0.3 is 19.6 Å². The van der Waals surface area contributed by atoms with E-state index in [4.69, 9.17) is 14.3 Å². The summed E-state index contributed by atoms with van der Waals surface area (Å²) in [4.78, 5) is 16.2. The molecule has 0 radical (unpaired) electrons. The van der Waals surface area contributed by atoms with Crippen LogP contribution in [-0.4, -0.2) is 39.0 Å². The molecule has 0 saturated carbocycles. The van der Waals surface area contributed by atoms with Gasteiger partial charge in [-0.2, -0.15) is 0 Å². The normalized spacial score (nSPS) is 10.7. The van der Waals surface area contributed by atoms with Crippen molar-refractivity contribution in [2.75, 3.05) is 20.8 Å². The first-order valence-corrected chi connectivity index (χ1v) is 6.23. The fraction of sp³-hybridized carbons (Fsp3) is 0.429. The first kappa shape index (κ1) is 15.8. The minimum Gasteiger partial charge on any atom is -0.493 e. The van der Waals surface area contributed by atoms with Gasteiger partial charge in [0.15, 0.2) is 18.1 Å². The van der Waals surface area contributed by atoms with Crippen molar-refractivity contribution in [3.63, 3.8) is 0 Å². The number of hydrogen-bond donors (Lipinski definition) is 1. The molecule has 0 fully saturated rings. The topological polar surface area (TPSA) is 69.2 Å². The Morgan fingerprint density at radius 3 is 2.60 bits per heavy atom. The van der Waals surface area contributed by atoms with E-state index in [-0.39, 0.29) is 18.6 Å². The van der Waals surface area contributed by atoms with Crippen molar-refractivity contribution in [2.24, 2.45) is 5.16 Å². The molecule has 1 N–H and O–H groups in total. The number of hydrogen-bond acceptors (Lipinski definition) is 5. The highest BCUT2D eigenvalue weighted by molar-refractivity contribution is 5.81. The van der Waals surface area contributed by atoms with Crippen molar-refractivity contribution in [3.8, 4) is 11.5 Å². The smallest absolute Gasteiger partial charge is 0.260 e. The molecule has 0 aliphatic heterocycles. The number of nitrogens with zero attached hydrogens (tertiary/aromatic N) is 1. The minimum atomic E-state index is -0.204. The molecule has 0 bridgehead atoms. The van der Waals surface area contributed by atoms with Crippen molar-refractivity contribution in [2.45, 2.75) is 19.9 Å². The van der Waals surface area contributed by atoms with Gasteiger partial charge in [-0.25, -0.2) is 0 Å². The Hall–Kier alpha value is -2.24.